The van der Waals surface area contributed by atoms with Gasteiger partial charge in [-0.3, -0.25) is 5.43 Å². The lowest BCUT2D eigenvalue weighted by Crippen LogP contribution is -2.37. The molecule has 0 aromatic heterocycles. The quantitative estimate of drug-likeness (QED) is 0.270. The van der Waals surface area contributed by atoms with E-state index in [1.54, 1.807) is 0 Å². The van der Waals surface area contributed by atoms with Gasteiger partial charge in [0.25, 0.3) is 0 Å². The molecule has 0 bridgehead atoms. The largest absolute Gasteiger partial charge is 0.282 e. The van der Waals surface area contributed by atoms with Crippen molar-refractivity contribution in [1.82, 2.24) is 5.43 Å². The topological polar surface area (TPSA) is 27.6 Å². The molecule has 0 radical (unpaired) electrons. The summed E-state index contributed by atoms with van der Waals surface area (Å²) >= 11 is 0. The van der Waals surface area contributed by atoms with Gasteiger partial charge in [-0.25, -0.2) is 0 Å². The molecule has 35 heavy (non-hydrogen) atoms. The van der Waals surface area contributed by atoms with Crippen molar-refractivity contribution in [2.75, 3.05) is 5.12 Å². The third-order valence-corrected chi connectivity index (χ3v) is 6.32. The number of rotatable bonds is 8. The molecule has 3 nitrogen and oxygen atoms in total. The van der Waals surface area contributed by atoms with Gasteiger partial charge in [0, 0.05) is 11.3 Å². The normalized spacial score (nSPS) is 13.1. The lowest BCUT2D eigenvalue weighted by Gasteiger charge is -2.28. The number of nitrogens with one attached hydrogen (secondary N) is 1. The Morgan fingerprint density at radius 3 is 1.69 bits per heavy atom. The van der Waals surface area contributed by atoms with Crippen LogP contribution in [0.5, 0.6) is 0 Å². The fraction of sp³-hybridized carbons (Fsp3) is 0.156. The van der Waals surface area contributed by atoms with E-state index in [0.29, 0.717) is 0 Å². The number of unbranched alkanes of at least 4 members (excludes halogenated alkanes) is 2. The summed E-state index contributed by atoms with van der Waals surface area (Å²) in [7, 11) is 0. The van der Waals surface area contributed by atoms with E-state index in [2.05, 4.69) is 115 Å². The van der Waals surface area contributed by atoms with Crippen molar-refractivity contribution in [3.63, 3.8) is 0 Å². The van der Waals surface area contributed by atoms with Crippen molar-refractivity contribution < 1.29 is 0 Å². The lowest BCUT2D eigenvalue weighted by atomic mass is 10.0. The van der Waals surface area contributed by atoms with Crippen molar-refractivity contribution in [3.05, 3.63) is 127 Å². The van der Waals surface area contributed by atoms with Gasteiger partial charge < -0.3 is 0 Å². The third-order valence-electron chi connectivity index (χ3n) is 6.32. The molecule has 174 valence electrons. The summed E-state index contributed by atoms with van der Waals surface area (Å²) in [5, 5.41) is 6.88. The van der Waals surface area contributed by atoms with E-state index >= 15 is 0 Å². The number of anilines is 1. The van der Waals surface area contributed by atoms with E-state index in [-0.39, 0.29) is 0 Å². The maximum atomic E-state index is 4.97. The van der Waals surface area contributed by atoms with Gasteiger partial charge in [-0.2, -0.15) is 10.2 Å². The van der Waals surface area contributed by atoms with Crippen LogP contribution in [0.15, 0.2) is 126 Å². The minimum atomic E-state index is 0.974. The van der Waals surface area contributed by atoms with Crippen LogP contribution in [0.3, 0.4) is 0 Å². The van der Waals surface area contributed by atoms with Gasteiger partial charge in [0.05, 0.1) is 11.4 Å². The van der Waals surface area contributed by atoms with Crippen molar-refractivity contribution >= 4 is 11.4 Å². The Labute approximate surface area is 208 Å². The van der Waals surface area contributed by atoms with Crippen LogP contribution in [0, 0.1) is 0 Å². The van der Waals surface area contributed by atoms with Crippen LogP contribution < -0.4 is 10.5 Å². The van der Waals surface area contributed by atoms with Crippen molar-refractivity contribution in [3.8, 4) is 22.3 Å². The molecule has 4 aromatic rings. The molecule has 0 amide bonds. The highest BCUT2D eigenvalue weighted by atomic mass is 15.7. The molecule has 1 aliphatic heterocycles. The summed E-state index contributed by atoms with van der Waals surface area (Å²) in [5.74, 6) is 0. The average molecular weight is 458 g/mol. The number of hydrogen-bond donors (Lipinski definition) is 1. The molecule has 0 aliphatic carbocycles. The molecule has 0 atom stereocenters. The molecule has 1 heterocycles. The van der Waals surface area contributed by atoms with Crippen LogP contribution >= 0.6 is 0 Å². The van der Waals surface area contributed by atoms with Crippen LogP contribution in [-0.2, 0) is 0 Å². The maximum Gasteiger partial charge on any atom is 0.0946 e. The lowest BCUT2D eigenvalue weighted by molar-refractivity contribution is 0.641. The summed E-state index contributed by atoms with van der Waals surface area (Å²) in [6.07, 6.45) is 6.80. The smallest absolute Gasteiger partial charge is 0.0946 e. The Kier molecular flexibility index (Phi) is 7.05. The van der Waals surface area contributed by atoms with E-state index in [1.165, 1.54) is 40.8 Å². The molecule has 0 saturated heterocycles. The van der Waals surface area contributed by atoms with Crippen LogP contribution in [-0.4, -0.2) is 5.71 Å². The highest BCUT2D eigenvalue weighted by Crippen LogP contribution is 2.26. The van der Waals surface area contributed by atoms with Crippen molar-refractivity contribution in [2.45, 2.75) is 32.6 Å². The average Bonchev–Trinajstić information content (AvgIpc) is 2.94. The second-order valence-corrected chi connectivity index (χ2v) is 8.89. The van der Waals surface area contributed by atoms with Gasteiger partial charge in [0.15, 0.2) is 0 Å². The zero-order valence-electron chi connectivity index (χ0n) is 20.2. The number of hydrazone groups is 1. The summed E-state index contributed by atoms with van der Waals surface area (Å²) in [5.41, 5.74) is 12.7. The standard InChI is InChI=1S/C32H31N3/c1-2-3-6-15-30-24-32(29-18-16-27(17-19-29)25-11-7-4-8-12-25)34-35(33-30)31-22-20-28(21-23-31)26-13-9-5-10-14-26/h4-5,7-14,16-24,33H,2-3,6,15H2,1H3. The Balaban J connectivity index is 1.42. The van der Waals surface area contributed by atoms with Crippen LogP contribution in [0.1, 0.15) is 38.2 Å². The van der Waals surface area contributed by atoms with Gasteiger partial charge >= 0.3 is 0 Å². The molecule has 5 rings (SSSR count). The van der Waals surface area contributed by atoms with Gasteiger partial charge in [0.1, 0.15) is 0 Å². The summed E-state index contributed by atoms with van der Waals surface area (Å²) < 4.78 is 0. The van der Waals surface area contributed by atoms with E-state index < -0.39 is 0 Å². The molecule has 0 fully saturated rings. The minimum Gasteiger partial charge on any atom is -0.282 e. The van der Waals surface area contributed by atoms with Crippen molar-refractivity contribution in [2.24, 2.45) is 5.10 Å². The predicted octanol–water partition coefficient (Wildman–Crippen LogP) is 8.21. The zero-order chi connectivity index (χ0) is 23.9. The van der Waals surface area contributed by atoms with E-state index in [4.69, 9.17) is 5.10 Å². The molecule has 1 aliphatic rings. The van der Waals surface area contributed by atoms with Crippen LogP contribution in [0.25, 0.3) is 22.3 Å². The number of hydrogen-bond acceptors (Lipinski definition) is 3. The van der Waals surface area contributed by atoms with Crippen LogP contribution in [0.2, 0.25) is 0 Å². The molecular formula is C32H31N3. The highest BCUT2D eigenvalue weighted by molar-refractivity contribution is 6.10. The Hall–Kier alpha value is -4.11. The fourth-order valence-electron chi connectivity index (χ4n) is 4.34. The first-order valence-electron chi connectivity index (χ1n) is 12.5. The first-order valence-corrected chi connectivity index (χ1v) is 12.5. The van der Waals surface area contributed by atoms with Gasteiger partial charge in [-0.1, -0.05) is 117 Å². The third kappa shape index (κ3) is 5.52. The molecule has 0 saturated carbocycles. The second kappa shape index (κ2) is 10.9. The van der Waals surface area contributed by atoms with Crippen molar-refractivity contribution in [1.29, 1.82) is 0 Å². The Morgan fingerprint density at radius 2 is 1.11 bits per heavy atom. The number of benzene rings is 4. The molecule has 0 spiro atoms. The SMILES string of the molecule is CCCCCC1=CC(c2ccc(-c3ccccc3)cc2)=NN(c2ccc(-c3ccccc3)cc2)N1. The summed E-state index contributed by atoms with van der Waals surface area (Å²) in [4.78, 5) is 0. The van der Waals surface area contributed by atoms with Gasteiger partial charge in [-0.05, 0) is 53.3 Å². The second-order valence-electron chi connectivity index (χ2n) is 8.89. The summed E-state index contributed by atoms with van der Waals surface area (Å²) in [6, 6.07) is 38.2. The molecule has 4 aromatic carbocycles. The van der Waals surface area contributed by atoms with E-state index in [1.807, 2.05) is 17.3 Å². The molecular weight excluding hydrogens is 426 g/mol. The van der Waals surface area contributed by atoms with Crippen LogP contribution in [0.4, 0.5) is 5.69 Å². The predicted molar refractivity (Wildman–Crippen MR) is 148 cm³/mol. The zero-order valence-corrected chi connectivity index (χ0v) is 20.2. The maximum absolute atomic E-state index is 4.97. The molecule has 0 unspecified atom stereocenters. The Morgan fingerprint density at radius 1 is 0.600 bits per heavy atom. The first-order chi connectivity index (χ1) is 17.3. The number of nitrogens with zero attached hydrogens (tertiary/aromatic N) is 2. The number of hydrazine groups is 1. The van der Waals surface area contributed by atoms with E-state index in [9.17, 15) is 0 Å². The van der Waals surface area contributed by atoms with E-state index in [0.717, 1.165) is 29.8 Å². The minimum absolute atomic E-state index is 0.974. The van der Waals surface area contributed by atoms with Gasteiger partial charge in [0.2, 0.25) is 0 Å². The monoisotopic (exact) mass is 457 g/mol. The Bertz CT molecular complexity index is 1290. The molecule has 3 heteroatoms. The fourth-order valence-corrected chi connectivity index (χ4v) is 4.34. The molecule has 1 N–H and O–H groups in total. The van der Waals surface area contributed by atoms with Gasteiger partial charge in [-0.15, -0.1) is 0 Å². The first kappa shape index (κ1) is 22.7. The summed E-state index contributed by atoms with van der Waals surface area (Å²) in [6.45, 7) is 2.24. The number of allylic oxidation sites excluding steroid dienone is 2. The highest BCUT2D eigenvalue weighted by Gasteiger charge is 2.16.